The van der Waals surface area contributed by atoms with Crippen LogP contribution in [-0.2, 0) is 11.3 Å². The van der Waals surface area contributed by atoms with Crippen molar-refractivity contribution in [1.29, 1.82) is 0 Å². The Labute approximate surface area is 171 Å². The van der Waals surface area contributed by atoms with Gasteiger partial charge in [0.05, 0.1) is 13.7 Å². The summed E-state index contributed by atoms with van der Waals surface area (Å²) >= 11 is 0. The van der Waals surface area contributed by atoms with E-state index < -0.39 is 0 Å². The predicted molar refractivity (Wildman–Crippen MR) is 114 cm³/mol. The fourth-order valence-electron chi connectivity index (χ4n) is 3.22. The average Bonchev–Trinajstić information content (AvgIpc) is 2.77. The predicted octanol–water partition coefficient (Wildman–Crippen LogP) is 2.88. The van der Waals surface area contributed by atoms with Crippen LogP contribution in [0.15, 0.2) is 53.5 Å². The standard InChI is InChI=1S/C22H29FN4O2/c1-28-21-9-3-18(4-10-21)17-29-16-2-11-25-22(24)27-14-12-26(13-15-27)20-7-5-19(23)6-8-20/h3-10H,2,11-17H2,1H3,(H2,24,25). The van der Waals surface area contributed by atoms with Crippen LogP contribution in [-0.4, -0.2) is 57.3 Å². The molecule has 0 bridgehead atoms. The maximum absolute atomic E-state index is 13.1. The summed E-state index contributed by atoms with van der Waals surface area (Å²) in [5.74, 6) is 1.22. The molecule has 2 N–H and O–H groups in total. The van der Waals surface area contributed by atoms with Crippen molar-refractivity contribution >= 4 is 11.6 Å². The molecule has 0 spiro atoms. The van der Waals surface area contributed by atoms with E-state index in [9.17, 15) is 4.39 Å². The number of anilines is 1. The Morgan fingerprint density at radius 2 is 1.72 bits per heavy atom. The zero-order chi connectivity index (χ0) is 20.5. The first-order valence-corrected chi connectivity index (χ1v) is 9.92. The molecule has 0 saturated carbocycles. The number of hydrogen-bond donors (Lipinski definition) is 1. The number of ether oxygens (including phenoxy) is 2. The number of methoxy groups -OCH3 is 1. The Kier molecular flexibility index (Phi) is 7.69. The van der Waals surface area contributed by atoms with E-state index in [4.69, 9.17) is 15.2 Å². The smallest absolute Gasteiger partial charge is 0.191 e. The third-order valence-corrected chi connectivity index (χ3v) is 4.94. The van der Waals surface area contributed by atoms with Crippen LogP contribution in [0.5, 0.6) is 5.75 Å². The Bertz CT molecular complexity index is 772. The molecule has 0 atom stereocenters. The van der Waals surface area contributed by atoms with Gasteiger partial charge in [-0.2, -0.15) is 0 Å². The molecule has 0 aromatic heterocycles. The van der Waals surface area contributed by atoms with E-state index >= 15 is 0 Å². The van der Waals surface area contributed by atoms with Gasteiger partial charge in [-0.05, 0) is 48.4 Å². The number of aliphatic imine (C=N–C) groups is 1. The summed E-state index contributed by atoms with van der Waals surface area (Å²) < 4.78 is 23.9. The first-order valence-electron chi connectivity index (χ1n) is 9.92. The summed E-state index contributed by atoms with van der Waals surface area (Å²) in [6.07, 6.45) is 0.826. The number of hydrogen-bond acceptors (Lipinski definition) is 4. The molecule has 1 fully saturated rings. The second-order valence-corrected chi connectivity index (χ2v) is 6.94. The number of guanidine groups is 1. The van der Waals surface area contributed by atoms with E-state index in [2.05, 4.69) is 14.8 Å². The van der Waals surface area contributed by atoms with Gasteiger partial charge >= 0.3 is 0 Å². The van der Waals surface area contributed by atoms with E-state index in [0.29, 0.717) is 25.7 Å². The first-order chi connectivity index (χ1) is 14.2. The third kappa shape index (κ3) is 6.35. The van der Waals surface area contributed by atoms with E-state index in [1.165, 1.54) is 12.1 Å². The normalized spacial score (nSPS) is 14.9. The van der Waals surface area contributed by atoms with Crippen LogP contribution in [0, 0.1) is 5.82 Å². The van der Waals surface area contributed by atoms with Gasteiger partial charge in [-0.1, -0.05) is 12.1 Å². The van der Waals surface area contributed by atoms with E-state index in [0.717, 1.165) is 49.6 Å². The van der Waals surface area contributed by atoms with E-state index in [1.54, 1.807) is 7.11 Å². The number of benzene rings is 2. The highest BCUT2D eigenvalue weighted by Gasteiger charge is 2.18. The lowest BCUT2D eigenvalue weighted by Crippen LogP contribution is -2.51. The average molecular weight is 400 g/mol. The fourth-order valence-corrected chi connectivity index (χ4v) is 3.22. The van der Waals surface area contributed by atoms with Crippen LogP contribution in [0.3, 0.4) is 0 Å². The second kappa shape index (κ2) is 10.7. The van der Waals surface area contributed by atoms with Crippen molar-refractivity contribution in [2.24, 2.45) is 10.7 Å². The van der Waals surface area contributed by atoms with Gasteiger partial charge in [-0.3, -0.25) is 4.99 Å². The molecule has 29 heavy (non-hydrogen) atoms. The molecule has 0 amide bonds. The highest BCUT2D eigenvalue weighted by atomic mass is 19.1. The number of nitrogens with two attached hydrogens (primary N) is 1. The summed E-state index contributed by atoms with van der Waals surface area (Å²) in [6, 6.07) is 14.5. The number of nitrogens with zero attached hydrogens (tertiary/aromatic N) is 3. The molecule has 156 valence electrons. The first kappa shape index (κ1) is 20.9. The van der Waals surface area contributed by atoms with Gasteiger partial charge in [0.1, 0.15) is 11.6 Å². The summed E-state index contributed by atoms with van der Waals surface area (Å²) in [5, 5.41) is 0. The molecule has 7 heteroatoms. The monoisotopic (exact) mass is 400 g/mol. The van der Waals surface area contributed by atoms with E-state index in [1.807, 2.05) is 36.4 Å². The van der Waals surface area contributed by atoms with Crippen molar-refractivity contribution in [3.63, 3.8) is 0 Å². The molecule has 3 rings (SSSR count). The van der Waals surface area contributed by atoms with Crippen LogP contribution < -0.4 is 15.4 Å². The van der Waals surface area contributed by atoms with Crippen molar-refractivity contribution in [3.05, 3.63) is 59.9 Å². The second-order valence-electron chi connectivity index (χ2n) is 6.94. The molecule has 6 nitrogen and oxygen atoms in total. The number of piperazine rings is 1. The zero-order valence-electron chi connectivity index (χ0n) is 16.9. The van der Waals surface area contributed by atoms with Crippen molar-refractivity contribution in [3.8, 4) is 5.75 Å². The maximum atomic E-state index is 13.1. The Morgan fingerprint density at radius 3 is 2.38 bits per heavy atom. The van der Waals surface area contributed by atoms with E-state index in [-0.39, 0.29) is 5.82 Å². The lowest BCUT2D eigenvalue weighted by Gasteiger charge is -2.36. The minimum absolute atomic E-state index is 0.211. The van der Waals surface area contributed by atoms with Gasteiger partial charge in [0, 0.05) is 45.0 Å². The van der Waals surface area contributed by atoms with Crippen LogP contribution in [0.1, 0.15) is 12.0 Å². The molecule has 1 heterocycles. The molecule has 0 unspecified atom stereocenters. The molecule has 2 aromatic rings. The fraction of sp³-hybridized carbons (Fsp3) is 0.409. The molecule has 2 aromatic carbocycles. The van der Waals surface area contributed by atoms with Crippen molar-refractivity contribution in [2.45, 2.75) is 13.0 Å². The minimum Gasteiger partial charge on any atom is -0.497 e. The molecule has 1 aliphatic heterocycles. The minimum atomic E-state index is -0.211. The molecule has 0 aliphatic carbocycles. The molecular weight excluding hydrogens is 371 g/mol. The summed E-state index contributed by atoms with van der Waals surface area (Å²) in [7, 11) is 1.66. The maximum Gasteiger partial charge on any atom is 0.191 e. The van der Waals surface area contributed by atoms with Crippen molar-refractivity contribution < 1.29 is 13.9 Å². The van der Waals surface area contributed by atoms with Gasteiger partial charge < -0.3 is 25.0 Å². The lowest BCUT2D eigenvalue weighted by atomic mass is 10.2. The topological polar surface area (TPSA) is 63.3 Å². The summed E-state index contributed by atoms with van der Waals surface area (Å²) in [4.78, 5) is 8.81. The summed E-state index contributed by atoms with van der Waals surface area (Å²) in [5.41, 5.74) is 8.30. The quantitative estimate of drug-likeness (QED) is 0.419. The van der Waals surface area contributed by atoms with Crippen LogP contribution in [0.4, 0.5) is 10.1 Å². The highest BCUT2D eigenvalue weighted by molar-refractivity contribution is 5.78. The van der Waals surface area contributed by atoms with Crippen molar-refractivity contribution in [2.75, 3.05) is 51.3 Å². The molecule has 1 saturated heterocycles. The summed E-state index contributed by atoms with van der Waals surface area (Å²) in [6.45, 7) is 5.16. The molecule has 0 radical (unpaired) electrons. The third-order valence-electron chi connectivity index (χ3n) is 4.94. The molecule has 1 aliphatic rings. The largest absolute Gasteiger partial charge is 0.497 e. The lowest BCUT2D eigenvalue weighted by molar-refractivity contribution is 0.120. The number of rotatable bonds is 8. The Hall–Kier alpha value is -2.80. The van der Waals surface area contributed by atoms with Crippen LogP contribution >= 0.6 is 0 Å². The van der Waals surface area contributed by atoms with Gasteiger partial charge in [-0.15, -0.1) is 0 Å². The zero-order valence-corrected chi connectivity index (χ0v) is 16.9. The number of halogens is 1. The Morgan fingerprint density at radius 1 is 1.03 bits per heavy atom. The van der Waals surface area contributed by atoms with Gasteiger partial charge in [0.25, 0.3) is 0 Å². The molecular formula is C22H29FN4O2. The Balaban J connectivity index is 1.32. The van der Waals surface area contributed by atoms with Crippen LogP contribution in [0.25, 0.3) is 0 Å². The van der Waals surface area contributed by atoms with Crippen LogP contribution in [0.2, 0.25) is 0 Å². The van der Waals surface area contributed by atoms with Crippen molar-refractivity contribution in [1.82, 2.24) is 4.90 Å². The van der Waals surface area contributed by atoms with Gasteiger partial charge in [-0.25, -0.2) is 4.39 Å². The SMILES string of the molecule is COc1ccc(COCCCN=C(N)N2CCN(c3ccc(F)cc3)CC2)cc1. The van der Waals surface area contributed by atoms with Gasteiger partial charge in [0.15, 0.2) is 5.96 Å². The van der Waals surface area contributed by atoms with Gasteiger partial charge in [0.2, 0.25) is 0 Å². The highest BCUT2D eigenvalue weighted by Crippen LogP contribution is 2.17.